The number of hydrogen-bond acceptors (Lipinski definition) is 3. The molecule has 94 valence electrons. The molecule has 3 nitrogen and oxygen atoms in total. The first kappa shape index (κ1) is 13.7. The highest BCUT2D eigenvalue weighted by molar-refractivity contribution is 5.73. The van der Waals surface area contributed by atoms with Gasteiger partial charge in [-0.25, -0.2) is 4.39 Å². The lowest BCUT2D eigenvalue weighted by Gasteiger charge is -2.12. The third-order valence-corrected chi connectivity index (χ3v) is 2.36. The Morgan fingerprint density at radius 1 is 1.22 bits per heavy atom. The van der Waals surface area contributed by atoms with Crippen LogP contribution in [-0.2, 0) is 0 Å². The summed E-state index contributed by atoms with van der Waals surface area (Å²) in [5.74, 6) is 5.18. The molecule has 4 heteroatoms. The van der Waals surface area contributed by atoms with Gasteiger partial charge in [-0.05, 0) is 35.9 Å². The molecule has 5 N–H and O–H groups in total. The average molecular weight is 245 g/mol. The molecular weight excluding hydrogens is 229 g/mol. The number of hydrogen-bond donors (Lipinski definition) is 3. The van der Waals surface area contributed by atoms with E-state index in [2.05, 4.69) is 18.6 Å². The van der Waals surface area contributed by atoms with Crippen LogP contribution in [0.2, 0.25) is 0 Å². The smallest absolute Gasteiger partial charge is 0.123 e. The zero-order chi connectivity index (χ0) is 13.5. The number of hydrazine groups is 1. The third kappa shape index (κ3) is 3.09. The molecule has 0 saturated heterocycles. The van der Waals surface area contributed by atoms with Crippen molar-refractivity contribution in [3.05, 3.63) is 78.3 Å². The summed E-state index contributed by atoms with van der Waals surface area (Å²) >= 11 is 0. The van der Waals surface area contributed by atoms with Crippen LogP contribution in [0, 0.1) is 5.82 Å². The number of halogens is 1. The molecule has 0 fully saturated rings. The molecular formula is C14H16FN3. The first-order chi connectivity index (χ1) is 8.63. The Labute approximate surface area is 106 Å². The number of nitrogens with one attached hydrogen (secondary N) is 1. The molecule has 0 atom stereocenters. The Balaban J connectivity index is 3.36. The van der Waals surface area contributed by atoms with Crippen LogP contribution in [0.4, 0.5) is 4.39 Å². The van der Waals surface area contributed by atoms with E-state index in [1.807, 2.05) is 0 Å². The molecule has 18 heavy (non-hydrogen) atoms. The minimum absolute atomic E-state index is 0.315. The molecule has 0 amide bonds. The molecule has 0 spiro atoms. The number of benzene rings is 1. The molecule has 0 aromatic heterocycles. The second kappa shape index (κ2) is 6.42. The molecule has 0 saturated carbocycles. The third-order valence-electron chi connectivity index (χ3n) is 2.36. The van der Waals surface area contributed by atoms with Crippen molar-refractivity contribution >= 4 is 5.70 Å². The Morgan fingerprint density at radius 2 is 1.83 bits per heavy atom. The minimum Gasteiger partial charge on any atom is -0.398 e. The first-order valence-electron chi connectivity index (χ1n) is 5.31. The van der Waals surface area contributed by atoms with Gasteiger partial charge in [0.1, 0.15) is 5.82 Å². The molecule has 0 heterocycles. The van der Waals surface area contributed by atoms with Gasteiger partial charge in [-0.1, -0.05) is 25.3 Å². The zero-order valence-electron chi connectivity index (χ0n) is 9.99. The van der Waals surface area contributed by atoms with Crippen molar-refractivity contribution in [1.29, 1.82) is 0 Å². The van der Waals surface area contributed by atoms with Crippen LogP contribution < -0.4 is 17.0 Å². The topological polar surface area (TPSA) is 64.1 Å². The van der Waals surface area contributed by atoms with Crippen LogP contribution in [0.1, 0.15) is 5.56 Å². The Kier molecular flexibility index (Phi) is 4.90. The van der Waals surface area contributed by atoms with E-state index in [-0.39, 0.29) is 5.82 Å². The van der Waals surface area contributed by atoms with Crippen LogP contribution in [-0.4, -0.2) is 0 Å². The van der Waals surface area contributed by atoms with E-state index in [9.17, 15) is 4.39 Å². The molecule has 0 unspecified atom stereocenters. The summed E-state index contributed by atoms with van der Waals surface area (Å²) in [4.78, 5) is 0. The Morgan fingerprint density at radius 3 is 2.28 bits per heavy atom. The first-order valence-corrected chi connectivity index (χ1v) is 5.31. The molecule has 1 aromatic carbocycles. The lowest BCUT2D eigenvalue weighted by Crippen LogP contribution is -2.22. The Hall–Kier alpha value is -2.33. The monoisotopic (exact) mass is 245 g/mol. The van der Waals surface area contributed by atoms with E-state index in [4.69, 9.17) is 11.6 Å². The lowest BCUT2D eigenvalue weighted by molar-refractivity contribution is 0.627. The fourth-order valence-corrected chi connectivity index (χ4v) is 1.51. The van der Waals surface area contributed by atoms with Crippen LogP contribution in [0.15, 0.2) is 66.9 Å². The van der Waals surface area contributed by atoms with E-state index in [0.29, 0.717) is 22.5 Å². The molecule has 0 bridgehead atoms. The van der Waals surface area contributed by atoms with Gasteiger partial charge in [-0.15, -0.1) is 0 Å². The van der Waals surface area contributed by atoms with Crippen LogP contribution in [0.5, 0.6) is 0 Å². The summed E-state index contributed by atoms with van der Waals surface area (Å²) in [6.45, 7) is 7.27. The van der Waals surface area contributed by atoms with E-state index < -0.39 is 0 Å². The maximum atomic E-state index is 12.9. The van der Waals surface area contributed by atoms with Gasteiger partial charge >= 0.3 is 0 Å². The fraction of sp³-hybridized carbons (Fsp3) is 0. The number of nitrogens with two attached hydrogens (primary N) is 2. The standard InChI is InChI=1S/C14H16FN3/c1-3-5-13(16)12(4-2)14(18-17)10-6-8-11(15)9-7-10/h3-9,18H,1-2,16-17H2/b13-5-,14-12+. The van der Waals surface area contributed by atoms with Gasteiger partial charge in [-0.3, -0.25) is 5.84 Å². The van der Waals surface area contributed by atoms with Crippen LogP contribution in [0.25, 0.3) is 5.70 Å². The van der Waals surface area contributed by atoms with Crippen molar-refractivity contribution in [2.45, 2.75) is 0 Å². The number of allylic oxidation sites excluding steroid dienone is 3. The Bertz CT molecular complexity index is 498. The summed E-state index contributed by atoms with van der Waals surface area (Å²) in [6.07, 6.45) is 4.78. The van der Waals surface area contributed by atoms with Crippen molar-refractivity contribution in [2.24, 2.45) is 11.6 Å². The van der Waals surface area contributed by atoms with Crippen molar-refractivity contribution in [1.82, 2.24) is 5.43 Å². The highest BCUT2D eigenvalue weighted by Crippen LogP contribution is 2.20. The molecule has 0 radical (unpaired) electrons. The SMILES string of the molecule is C=C/C=C(N)/C(C=C)=C(/NN)c1ccc(F)cc1. The van der Waals surface area contributed by atoms with Gasteiger partial charge in [-0.2, -0.15) is 0 Å². The van der Waals surface area contributed by atoms with Gasteiger partial charge in [0.05, 0.1) is 5.70 Å². The number of rotatable bonds is 5. The van der Waals surface area contributed by atoms with Crippen molar-refractivity contribution in [2.75, 3.05) is 0 Å². The van der Waals surface area contributed by atoms with E-state index in [0.717, 1.165) is 0 Å². The summed E-state index contributed by atoms with van der Waals surface area (Å²) in [5.41, 5.74) is 10.8. The van der Waals surface area contributed by atoms with Gasteiger partial charge < -0.3 is 11.2 Å². The summed E-state index contributed by atoms with van der Waals surface area (Å²) in [7, 11) is 0. The average Bonchev–Trinajstić information content (AvgIpc) is 2.37. The summed E-state index contributed by atoms with van der Waals surface area (Å²) in [5, 5.41) is 0. The predicted molar refractivity (Wildman–Crippen MR) is 73.3 cm³/mol. The van der Waals surface area contributed by atoms with E-state index in [1.165, 1.54) is 12.1 Å². The predicted octanol–water partition coefficient (Wildman–Crippen LogP) is 2.21. The van der Waals surface area contributed by atoms with Crippen molar-refractivity contribution in [3.8, 4) is 0 Å². The maximum absolute atomic E-state index is 12.9. The summed E-state index contributed by atoms with van der Waals surface area (Å²) in [6, 6.07) is 5.91. The molecule has 1 rings (SSSR count). The van der Waals surface area contributed by atoms with E-state index in [1.54, 1.807) is 30.4 Å². The van der Waals surface area contributed by atoms with Crippen LogP contribution in [0.3, 0.4) is 0 Å². The largest absolute Gasteiger partial charge is 0.398 e. The minimum atomic E-state index is -0.315. The quantitative estimate of drug-likeness (QED) is 0.423. The fourth-order valence-electron chi connectivity index (χ4n) is 1.51. The lowest BCUT2D eigenvalue weighted by atomic mass is 10.0. The second-order valence-electron chi connectivity index (χ2n) is 3.50. The molecule has 0 aliphatic heterocycles. The summed E-state index contributed by atoms with van der Waals surface area (Å²) < 4.78 is 12.9. The molecule has 0 aliphatic carbocycles. The van der Waals surface area contributed by atoms with Gasteiger partial charge in [0.2, 0.25) is 0 Å². The highest BCUT2D eigenvalue weighted by atomic mass is 19.1. The normalized spacial score (nSPS) is 12.7. The second-order valence-corrected chi connectivity index (χ2v) is 3.50. The maximum Gasteiger partial charge on any atom is 0.123 e. The molecule has 0 aliphatic rings. The van der Waals surface area contributed by atoms with Crippen LogP contribution >= 0.6 is 0 Å². The van der Waals surface area contributed by atoms with E-state index >= 15 is 0 Å². The van der Waals surface area contributed by atoms with Crippen molar-refractivity contribution in [3.63, 3.8) is 0 Å². The highest BCUT2D eigenvalue weighted by Gasteiger charge is 2.08. The van der Waals surface area contributed by atoms with Crippen molar-refractivity contribution < 1.29 is 4.39 Å². The van der Waals surface area contributed by atoms with Gasteiger partial charge in [0, 0.05) is 11.3 Å². The molecule has 1 aromatic rings. The van der Waals surface area contributed by atoms with Gasteiger partial charge in [0.25, 0.3) is 0 Å². The zero-order valence-corrected chi connectivity index (χ0v) is 9.99. The van der Waals surface area contributed by atoms with Gasteiger partial charge in [0.15, 0.2) is 0 Å².